The van der Waals surface area contributed by atoms with E-state index in [0.29, 0.717) is 25.9 Å². The van der Waals surface area contributed by atoms with Gasteiger partial charge in [-0.2, -0.15) is 0 Å². The molecular formula is C10H6Cl3N3O2S. The van der Waals surface area contributed by atoms with E-state index in [4.69, 9.17) is 39.9 Å². The molecule has 0 saturated carbocycles. The van der Waals surface area contributed by atoms with Crippen LogP contribution in [-0.4, -0.2) is 31.6 Å². The van der Waals surface area contributed by atoms with E-state index in [9.17, 15) is 4.79 Å². The largest absolute Gasteiger partial charge is 0.481 e. The maximum atomic E-state index is 10.6. The lowest BCUT2D eigenvalue weighted by atomic mass is 10.3. The predicted octanol–water partition coefficient (Wildman–Crippen LogP) is 3.40. The molecule has 0 radical (unpaired) electrons. The number of hydrogen-bond donors (Lipinski definition) is 1. The molecule has 0 saturated heterocycles. The van der Waals surface area contributed by atoms with Crippen LogP contribution in [0.5, 0.6) is 0 Å². The van der Waals surface area contributed by atoms with Gasteiger partial charge in [0.2, 0.25) is 0 Å². The molecule has 2 aromatic rings. The van der Waals surface area contributed by atoms with Crippen LogP contribution in [0.2, 0.25) is 15.1 Å². The standard InChI is InChI=1S/C10H6Cl3N3O2S/c11-5-1-7(13)8(2-6(5)12)16-4-14-15-10(16)19-3-9(17)18/h1-2,4H,3H2,(H,17,18). The molecule has 1 N–H and O–H groups in total. The molecule has 0 aliphatic rings. The number of carboxylic acid groups (broad SMARTS) is 1. The number of carboxylic acids is 1. The van der Waals surface area contributed by atoms with Gasteiger partial charge in [0.05, 0.1) is 26.5 Å². The zero-order valence-corrected chi connectivity index (χ0v) is 12.3. The second-order valence-corrected chi connectivity index (χ2v) is 5.55. The molecule has 0 fully saturated rings. The number of hydrogen-bond acceptors (Lipinski definition) is 4. The molecule has 0 aliphatic heterocycles. The summed E-state index contributed by atoms with van der Waals surface area (Å²) >= 11 is 18.9. The molecular weight excluding hydrogens is 333 g/mol. The minimum absolute atomic E-state index is 0.127. The summed E-state index contributed by atoms with van der Waals surface area (Å²) in [5, 5.41) is 17.7. The van der Waals surface area contributed by atoms with Crippen LogP contribution in [0.15, 0.2) is 23.6 Å². The van der Waals surface area contributed by atoms with Crippen molar-refractivity contribution in [3.63, 3.8) is 0 Å². The minimum Gasteiger partial charge on any atom is -0.481 e. The van der Waals surface area contributed by atoms with Crippen LogP contribution < -0.4 is 0 Å². The van der Waals surface area contributed by atoms with Crippen molar-refractivity contribution in [1.82, 2.24) is 14.8 Å². The van der Waals surface area contributed by atoms with Gasteiger partial charge in [-0.25, -0.2) is 0 Å². The molecule has 100 valence electrons. The van der Waals surface area contributed by atoms with Gasteiger partial charge in [-0.15, -0.1) is 10.2 Å². The fourth-order valence-corrected chi connectivity index (χ4v) is 2.59. The number of aliphatic carboxylic acids is 1. The van der Waals surface area contributed by atoms with Gasteiger partial charge < -0.3 is 5.11 Å². The Morgan fingerprint density at radius 1 is 1.26 bits per heavy atom. The van der Waals surface area contributed by atoms with E-state index < -0.39 is 5.97 Å². The summed E-state index contributed by atoms with van der Waals surface area (Å²) < 4.78 is 1.55. The van der Waals surface area contributed by atoms with Crippen LogP contribution in [0.4, 0.5) is 0 Å². The number of nitrogens with zero attached hydrogens (tertiary/aromatic N) is 3. The summed E-state index contributed by atoms with van der Waals surface area (Å²) in [5.74, 6) is -1.07. The van der Waals surface area contributed by atoms with Gasteiger partial charge in [0.25, 0.3) is 0 Å². The van der Waals surface area contributed by atoms with Crippen molar-refractivity contribution < 1.29 is 9.90 Å². The Morgan fingerprint density at radius 3 is 2.63 bits per heavy atom. The summed E-state index contributed by atoms with van der Waals surface area (Å²) in [6.07, 6.45) is 1.43. The van der Waals surface area contributed by atoms with E-state index in [-0.39, 0.29) is 5.75 Å². The zero-order valence-electron chi connectivity index (χ0n) is 9.18. The van der Waals surface area contributed by atoms with Gasteiger partial charge in [0, 0.05) is 0 Å². The first-order valence-corrected chi connectivity index (χ1v) is 7.00. The van der Waals surface area contributed by atoms with E-state index in [0.717, 1.165) is 11.8 Å². The Labute approximate surface area is 127 Å². The third-order valence-electron chi connectivity index (χ3n) is 2.09. The van der Waals surface area contributed by atoms with Gasteiger partial charge in [-0.3, -0.25) is 9.36 Å². The molecule has 19 heavy (non-hydrogen) atoms. The van der Waals surface area contributed by atoms with E-state index in [2.05, 4.69) is 10.2 Å². The highest BCUT2D eigenvalue weighted by atomic mass is 35.5. The van der Waals surface area contributed by atoms with Crippen LogP contribution in [0, 0.1) is 0 Å². The fourth-order valence-electron chi connectivity index (χ4n) is 1.31. The fraction of sp³-hybridized carbons (Fsp3) is 0.100. The average Bonchev–Trinajstić information content (AvgIpc) is 2.79. The van der Waals surface area contributed by atoms with Crippen molar-refractivity contribution in [3.05, 3.63) is 33.5 Å². The van der Waals surface area contributed by atoms with Crippen LogP contribution >= 0.6 is 46.6 Å². The van der Waals surface area contributed by atoms with Crippen LogP contribution in [-0.2, 0) is 4.79 Å². The Balaban J connectivity index is 2.40. The van der Waals surface area contributed by atoms with Gasteiger partial charge in [-0.05, 0) is 12.1 Å². The average molecular weight is 339 g/mol. The highest BCUT2D eigenvalue weighted by Gasteiger charge is 2.13. The molecule has 0 aliphatic carbocycles. The Morgan fingerprint density at radius 2 is 1.95 bits per heavy atom. The Bertz CT molecular complexity index is 632. The second kappa shape index (κ2) is 6.00. The normalized spacial score (nSPS) is 10.7. The molecule has 9 heteroatoms. The number of aromatic nitrogens is 3. The van der Waals surface area contributed by atoms with Gasteiger partial charge >= 0.3 is 5.97 Å². The number of benzene rings is 1. The molecule has 2 rings (SSSR count). The first kappa shape index (κ1) is 14.5. The third-order valence-corrected chi connectivity index (χ3v) is 4.04. The van der Waals surface area contributed by atoms with Crippen molar-refractivity contribution in [2.45, 2.75) is 5.16 Å². The zero-order chi connectivity index (χ0) is 14.0. The molecule has 1 heterocycles. The van der Waals surface area contributed by atoms with Crippen molar-refractivity contribution in [2.24, 2.45) is 0 Å². The molecule has 0 amide bonds. The lowest BCUT2D eigenvalue weighted by molar-refractivity contribution is -0.133. The first-order valence-electron chi connectivity index (χ1n) is 4.88. The third kappa shape index (κ3) is 3.33. The number of rotatable bonds is 4. The lowest BCUT2D eigenvalue weighted by Crippen LogP contribution is -2.01. The summed E-state index contributed by atoms with van der Waals surface area (Å²) in [5.41, 5.74) is 0.536. The van der Waals surface area contributed by atoms with E-state index in [1.54, 1.807) is 10.6 Å². The monoisotopic (exact) mass is 337 g/mol. The van der Waals surface area contributed by atoms with Crippen molar-refractivity contribution >= 4 is 52.5 Å². The summed E-state index contributed by atoms with van der Waals surface area (Å²) in [6, 6.07) is 3.08. The first-order chi connectivity index (χ1) is 8.99. The van der Waals surface area contributed by atoms with Crippen molar-refractivity contribution in [1.29, 1.82) is 0 Å². The summed E-state index contributed by atoms with van der Waals surface area (Å²) in [7, 11) is 0. The highest BCUT2D eigenvalue weighted by molar-refractivity contribution is 7.99. The molecule has 1 aromatic carbocycles. The smallest absolute Gasteiger partial charge is 0.313 e. The second-order valence-electron chi connectivity index (χ2n) is 3.38. The SMILES string of the molecule is O=C(O)CSc1nncn1-c1cc(Cl)c(Cl)cc1Cl. The lowest BCUT2D eigenvalue weighted by Gasteiger charge is -2.09. The quantitative estimate of drug-likeness (QED) is 0.683. The molecule has 0 unspecified atom stereocenters. The Kier molecular flexibility index (Phi) is 4.57. The maximum absolute atomic E-state index is 10.6. The van der Waals surface area contributed by atoms with Crippen LogP contribution in [0.1, 0.15) is 0 Å². The van der Waals surface area contributed by atoms with Crippen LogP contribution in [0.25, 0.3) is 5.69 Å². The van der Waals surface area contributed by atoms with Crippen LogP contribution in [0.3, 0.4) is 0 Å². The Hall–Kier alpha value is -0.950. The van der Waals surface area contributed by atoms with Gasteiger partial charge in [0.15, 0.2) is 5.16 Å². The van der Waals surface area contributed by atoms with Gasteiger partial charge in [0.1, 0.15) is 6.33 Å². The molecule has 5 nitrogen and oxygen atoms in total. The molecule has 0 atom stereocenters. The topological polar surface area (TPSA) is 68.0 Å². The molecule has 0 bridgehead atoms. The summed E-state index contributed by atoms with van der Waals surface area (Å²) in [6.45, 7) is 0. The van der Waals surface area contributed by atoms with E-state index in [1.807, 2.05) is 0 Å². The number of carbonyl (C=O) groups is 1. The van der Waals surface area contributed by atoms with E-state index >= 15 is 0 Å². The summed E-state index contributed by atoms with van der Waals surface area (Å²) in [4.78, 5) is 10.6. The van der Waals surface area contributed by atoms with E-state index in [1.165, 1.54) is 12.4 Å². The molecule has 0 spiro atoms. The van der Waals surface area contributed by atoms with Gasteiger partial charge in [-0.1, -0.05) is 46.6 Å². The minimum atomic E-state index is -0.945. The van der Waals surface area contributed by atoms with Crippen molar-refractivity contribution in [3.8, 4) is 5.69 Å². The maximum Gasteiger partial charge on any atom is 0.313 e. The van der Waals surface area contributed by atoms with Crippen molar-refractivity contribution in [2.75, 3.05) is 5.75 Å². The highest BCUT2D eigenvalue weighted by Crippen LogP contribution is 2.32. The number of halogens is 3. The predicted molar refractivity (Wildman–Crippen MR) is 74.7 cm³/mol. The molecule has 1 aromatic heterocycles. The number of thioether (sulfide) groups is 1.